The van der Waals surface area contributed by atoms with E-state index in [9.17, 15) is 4.79 Å². The van der Waals surface area contributed by atoms with E-state index in [1.807, 2.05) is 19.1 Å². The number of hydrogen-bond acceptors (Lipinski definition) is 5. The molecule has 2 aromatic rings. The summed E-state index contributed by atoms with van der Waals surface area (Å²) in [6.45, 7) is 1.87. The van der Waals surface area contributed by atoms with Gasteiger partial charge in [-0.2, -0.15) is 0 Å². The highest BCUT2D eigenvalue weighted by atomic mass is 35.5. The smallest absolute Gasteiger partial charge is 0.228 e. The predicted octanol–water partition coefficient (Wildman–Crippen LogP) is 5.04. The molecule has 8 heteroatoms. The fraction of sp³-hybridized carbons (Fsp3) is 0.400. The molecule has 3 rings (SSSR count). The Kier molecular flexibility index (Phi) is 5.46. The third-order valence-electron chi connectivity index (χ3n) is 3.45. The van der Waals surface area contributed by atoms with Crippen LogP contribution in [0.2, 0.25) is 10.0 Å². The van der Waals surface area contributed by atoms with Crippen molar-refractivity contribution < 1.29 is 4.79 Å². The third kappa shape index (κ3) is 4.18. The topological polar surface area (TPSA) is 46.1 Å². The summed E-state index contributed by atoms with van der Waals surface area (Å²) in [5, 5.41) is 10.4. The van der Waals surface area contributed by atoms with Crippen LogP contribution >= 0.6 is 46.3 Å². The van der Waals surface area contributed by atoms with Gasteiger partial charge in [0.05, 0.1) is 0 Å². The molecule has 0 saturated heterocycles. The number of aromatic nitrogens is 2. The number of hydrogen-bond donors (Lipinski definition) is 0. The first-order valence-electron chi connectivity index (χ1n) is 7.30. The zero-order valence-corrected chi connectivity index (χ0v) is 15.6. The van der Waals surface area contributed by atoms with Gasteiger partial charge in [-0.05, 0) is 30.5 Å². The lowest BCUT2D eigenvalue weighted by atomic mass is 10.2. The largest absolute Gasteiger partial charge is 0.284 e. The number of anilines is 1. The van der Waals surface area contributed by atoms with E-state index in [1.165, 1.54) is 11.3 Å². The highest BCUT2D eigenvalue weighted by molar-refractivity contribution is 8.00. The lowest BCUT2D eigenvalue weighted by Gasteiger charge is -2.17. The van der Waals surface area contributed by atoms with Gasteiger partial charge in [-0.25, -0.2) is 0 Å². The SMILES string of the molecule is CCC(=O)N(c1nnc(SCc2ccc(Cl)cc2Cl)s1)C1CC1. The van der Waals surface area contributed by atoms with Gasteiger partial charge in [0.1, 0.15) is 0 Å². The van der Waals surface area contributed by atoms with Crippen molar-refractivity contribution in [2.75, 3.05) is 4.90 Å². The van der Waals surface area contributed by atoms with Crippen molar-refractivity contribution in [2.24, 2.45) is 0 Å². The lowest BCUT2D eigenvalue weighted by Crippen LogP contribution is -2.32. The number of benzene rings is 1. The molecule has 0 bridgehead atoms. The molecular formula is C15H15Cl2N3OS2. The normalized spacial score (nSPS) is 14.0. The number of rotatable bonds is 6. The van der Waals surface area contributed by atoms with Crippen molar-refractivity contribution in [1.29, 1.82) is 0 Å². The van der Waals surface area contributed by atoms with Crippen molar-refractivity contribution in [3.63, 3.8) is 0 Å². The van der Waals surface area contributed by atoms with E-state index in [-0.39, 0.29) is 5.91 Å². The van der Waals surface area contributed by atoms with Crippen LogP contribution in [0.1, 0.15) is 31.7 Å². The molecule has 23 heavy (non-hydrogen) atoms. The number of amides is 1. The van der Waals surface area contributed by atoms with Crippen LogP contribution in [0.25, 0.3) is 0 Å². The maximum atomic E-state index is 12.1. The maximum absolute atomic E-state index is 12.1. The van der Waals surface area contributed by atoms with Gasteiger partial charge in [-0.1, -0.05) is 59.3 Å². The van der Waals surface area contributed by atoms with E-state index < -0.39 is 0 Å². The first-order chi connectivity index (χ1) is 11.1. The summed E-state index contributed by atoms with van der Waals surface area (Å²) in [6.07, 6.45) is 2.58. The molecule has 0 N–H and O–H groups in total. The summed E-state index contributed by atoms with van der Waals surface area (Å²) < 4.78 is 0.834. The molecule has 1 fully saturated rings. The standard InChI is InChI=1S/C15H15Cl2N3OS2/c1-2-13(21)20(11-5-6-11)14-18-19-15(23-14)22-8-9-3-4-10(16)7-12(9)17/h3-4,7,11H,2,5-6,8H2,1H3. The number of carbonyl (C=O) groups excluding carboxylic acids is 1. The average molecular weight is 388 g/mol. The van der Waals surface area contributed by atoms with E-state index in [2.05, 4.69) is 10.2 Å². The van der Waals surface area contributed by atoms with Gasteiger partial charge >= 0.3 is 0 Å². The van der Waals surface area contributed by atoms with Crippen LogP contribution in [0.5, 0.6) is 0 Å². The Morgan fingerprint density at radius 1 is 1.39 bits per heavy atom. The molecule has 0 aliphatic heterocycles. The second-order valence-electron chi connectivity index (χ2n) is 5.22. The summed E-state index contributed by atoms with van der Waals surface area (Å²) in [6, 6.07) is 5.78. The zero-order valence-electron chi connectivity index (χ0n) is 12.5. The molecule has 0 spiro atoms. The van der Waals surface area contributed by atoms with Gasteiger partial charge in [0.2, 0.25) is 11.0 Å². The minimum Gasteiger partial charge on any atom is -0.284 e. The van der Waals surface area contributed by atoms with Crippen LogP contribution in [-0.4, -0.2) is 22.1 Å². The minimum atomic E-state index is 0.112. The summed E-state index contributed by atoms with van der Waals surface area (Å²) in [7, 11) is 0. The first kappa shape index (κ1) is 17.0. The number of nitrogens with zero attached hydrogens (tertiary/aromatic N) is 3. The molecule has 122 valence electrons. The summed E-state index contributed by atoms with van der Waals surface area (Å²) in [5.74, 6) is 0.802. The Morgan fingerprint density at radius 2 is 2.17 bits per heavy atom. The van der Waals surface area contributed by atoms with Crippen LogP contribution in [0, 0.1) is 0 Å². The molecule has 1 aliphatic carbocycles. The van der Waals surface area contributed by atoms with Crippen LogP contribution in [0.3, 0.4) is 0 Å². The van der Waals surface area contributed by atoms with Gasteiger partial charge in [0.25, 0.3) is 0 Å². The fourth-order valence-corrected chi connectivity index (χ4v) is 4.59. The third-order valence-corrected chi connectivity index (χ3v) is 6.14. The predicted molar refractivity (Wildman–Crippen MR) is 96.7 cm³/mol. The van der Waals surface area contributed by atoms with E-state index in [1.54, 1.807) is 22.7 Å². The highest BCUT2D eigenvalue weighted by Gasteiger charge is 2.35. The van der Waals surface area contributed by atoms with Gasteiger partial charge in [-0.3, -0.25) is 9.69 Å². The molecule has 1 amide bonds. The van der Waals surface area contributed by atoms with Crippen LogP contribution in [-0.2, 0) is 10.5 Å². The monoisotopic (exact) mass is 387 g/mol. The lowest BCUT2D eigenvalue weighted by molar-refractivity contribution is -0.118. The van der Waals surface area contributed by atoms with Gasteiger partial charge in [0, 0.05) is 28.3 Å². The van der Waals surface area contributed by atoms with E-state index >= 15 is 0 Å². The van der Waals surface area contributed by atoms with Crippen molar-refractivity contribution in [1.82, 2.24) is 10.2 Å². The van der Waals surface area contributed by atoms with Gasteiger partial charge in [0.15, 0.2) is 4.34 Å². The second kappa shape index (κ2) is 7.38. The summed E-state index contributed by atoms with van der Waals surface area (Å²) >= 11 is 15.1. The Morgan fingerprint density at radius 3 is 2.83 bits per heavy atom. The Labute approximate surface area is 153 Å². The zero-order chi connectivity index (χ0) is 16.4. The van der Waals surface area contributed by atoms with Gasteiger partial charge in [-0.15, -0.1) is 10.2 Å². The molecule has 0 unspecified atom stereocenters. The molecule has 0 radical (unpaired) electrons. The van der Waals surface area contributed by atoms with Crippen molar-refractivity contribution >= 4 is 57.3 Å². The van der Waals surface area contributed by atoms with Crippen LogP contribution in [0.15, 0.2) is 22.5 Å². The molecule has 1 aliphatic rings. The molecule has 0 atom stereocenters. The van der Waals surface area contributed by atoms with Crippen molar-refractivity contribution in [3.05, 3.63) is 33.8 Å². The molecule has 1 heterocycles. The molecule has 4 nitrogen and oxygen atoms in total. The Balaban J connectivity index is 1.68. The molecule has 1 aromatic carbocycles. The number of thioether (sulfide) groups is 1. The number of carbonyl (C=O) groups is 1. The fourth-order valence-electron chi connectivity index (χ4n) is 2.11. The molecular weight excluding hydrogens is 373 g/mol. The van der Waals surface area contributed by atoms with Crippen molar-refractivity contribution in [3.8, 4) is 0 Å². The van der Waals surface area contributed by atoms with Crippen LogP contribution < -0.4 is 4.90 Å². The molecule has 1 aromatic heterocycles. The van der Waals surface area contributed by atoms with Crippen molar-refractivity contribution in [2.45, 2.75) is 42.3 Å². The first-order valence-corrected chi connectivity index (χ1v) is 9.86. The second-order valence-corrected chi connectivity index (χ2v) is 8.25. The van der Waals surface area contributed by atoms with Crippen LogP contribution in [0.4, 0.5) is 5.13 Å². The summed E-state index contributed by atoms with van der Waals surface area (Å²) in [4.78, 5) is 13.9. The summed E-state index contributed by atoms with van der Waals surface area (Å²) in [5.41, 5.74) is 1.00. The maximum Gasteiger partial charge on any atom is 0.228 e. The number of halogens is 2. The Bertz CT molecular complexity index is 718. The van der Waals surface area contributed by atoms with E-state index in [0.29, 0.717) is 33.4 Å². The molecule has 1 saturated carbocycles. The van der Waals surface area contributed by atoms with E-state index in [4.69, 9.17) is 23.2 Å². The van der Waals surface area contributed by atoms with Gasteiger partial charge < -0.3 is 0 Å². The Hall–Kier alpha value is -0.820. The van der Waals surface area contributed by atoms with E-state index in [0.717, 1.165) is 22.7 Å². The highest BCUT2D eigenvalue weighted by Crippen LogP contribution is 2.37. The quantitative estimate of drug-likeness (QED) is 0.514. The average Bonchev–Trinajstić information content (AvgIpc) is 3.25. The minimum absolute atomic E-state index is 0.112.